The maximum absolute atomic E-state index is 12.7. The predicted octanol–water partition coefficient (Wildman–Crippen LogP) is 4.04. The maximum Gasteiger partial charge on any atom is 0.261 e. The molecule has 1 atom stereocenters. The molecular weight excluding hydrogens is 401 g/mol. The first kappa shape index (κ1) is 17.1. The van der Waals surface area contributed by atoms with Gasteiger partial charge in [0.1, 0.15) is 0 Å². The fourth-order valence-electron chi connectivity index (χ4n) is 2.54. The van der Waals surface area contributed by atoms with Crippen LogP contribution in [0.3, 0.4) is 0 Å². The minimum Gasteiger partial charge on any atom is -0.336 e. The maximum atomic E-state index is 12.7. The van der Waals surface area contributed by atoms with Crippen molar-refractivity contribution < 1.29 is 13.2 Å². The number of rotatable bonds is 3. The average molecular weight is 415 g/mol. The number of amides is 1. The summed E-state index contributed by atoms with van der Waals surface area (Å²) in [6, 6.07) is 2.70. The zero-order valence-corrected chi connectivity index (χ0v) is 15.2. The van der Waals surface area contributed by atoms with Gasteiger partial charge in [-0.2, -0.15) is 0 Å². The summed E-state index contributed by atoms with van der Waals surface area (Å²) < 4.78 is 23.3. The normalized spacial score (nSPS) is 19.0. The van der Waals surface area contributed by atoms with Gasteiger partial charge in [-0.05, 0) is 47.3 Å². The molecule has 1 aromatic rings. The van der Waals surface area contributed by atoms with E-state index in [1.165, 1.54) is 12.1 Å². The Bertz CT molecular complexity index is 678. The van der Waals surface area contributed by atoms with E-state index in [9.17, 15) is 13.2 Å². The first-order valence-electron chi connectivity index (χ1n) is 6.50. The molecule has 8 heteroatoms. The number of carbonyl (C=O) groups excluding carboxylic acids is 1. The third kappa shape index (κ3) is 3.55. The highest BCUT2D eigenvalue weighted by Gasteiger charge is 2.30. The lowest BCUT2D eigenvalue weighted by atomic mass is 10.1. The molecule has 1 aromatic carbocycles. The molecule has 1 saturated heterocycles. The van der Waals surface area contributed by atoms with E-state index in [1.807, 2.05) is 6.92 Å². The minimum absolute atomic E-state index is 0.143. The van der Waals surface area contributed by atoms with Crippen molar-refractivity contribution in [1.82, 2.24) is 4.90 Å². The van der Waals surface area contributed by atoms with Crippen LogP contribution in [-0.2, 0) is 9.05 Å². The van der Waals surface area contributed by atoms with Crippen molar-refractivity contribution in [3.05, 3.63) is 27.2 Å². The molecule has 1 amide bonds. The lowest BCUT2D eigenvalue weighted by Gasteiger charge is -2.24. The SMILES string of the molecule is CCC1CCCN1C(=O)c1cc(S(=O)(=O)Cl)cc(Br)c1Cl. The van der Waals surface area contributed by atoms with Crippen LogP contribution >= 0.6 is 38.2 Å². The van der Waals surface area contributed by atoms with E-state index in [2.05, 4.69) is 15.9 Å². The Morgan fingerprint density at radius 3 is 2.71 bits per heavy atom. The fourth-order valence-corrected chi connectivity index (χ4v) is 4.13. The number of carbonyl (C=O) groups is 1. The molecule has 0 spiro atoms. The molecule has 1 heterocycles. The van der Waals surface area contributed by atoms with E-state index in [4.69, 9.17) is 22.3 Å². The third-order valence-electron chi connectivity index (χ3n) is 3.62. The molecule has 0 N–H and O–H groups in total. The lowest BCUT2D eigenvalue weighted by Crippen LogP contribution is -2.35. The smallest absolute Gasteiger partial charge is 0.261 e. The Morgan fingerprint density at radius 1 is 1.48 bits per heavy atom. The number of benzene rings is 1. The van der Waals surface area contributed by atoms with Crippen LogP contribution in [-0.4, -0.2) is 31.8 Å². The lowest BCUT2D eigenvalue weighted by molar-refractivity contribution is 0.0733. The fraction of sp³-hybridized carbons (Fsp3) is 0.462. The second kappa shape index (κ2) is 6.44. The van der Waals surface area contributed by atoms with Gasteiger partial charge in [0, 0.05) is 27.7 Å². The molecule has 21 heavy (non-hydrogen) atoms. The van der Waals surface area contributed by atoms with Gasteiger partial charge in [-0.3, -0.25) is 4.79 Å². The van der Waals surface area contributed by atoms with E-state index < -0.39 is 9.05 Å². The van der Waals surface area contributed by atoms with Crippen LogP contribution in [0.15, 0.2) is 21.5 Å². The van der Waals surface area contributed by atoms with Crippen molar-refractivity contribution in [3.63, 3.8) is 0 Å². The summed E-state index contributed by atoms with van der Waals surface area (Å²) in [6.07, 6.45) is 2.75. The van der Waals surface area contributed by atoms with Crippen LogP contribution in [0.1, 0.15) is 36.5 Å². The molecule has 0 bridgehead atoms. The van der Waals surface area contributed by atoms with Crippen molar-refractivity contribution in [1.29, 1.82) is 0 Å². The van der Waals surface area contributed by atoms with Gasteiger partial charge in [0.25, 0.3) is 15.0 Å². The second-order valence-electron chi connectivity index (χ2n) is 4.91. The first-order valence-corrected chi connectivity index (χ1v) is 9.98. The predicted molar refractivity (Wildman–Crippen MR) is 86.5 cm³/mol. The highest BCUT2D eigenvalue weighted by atomic mass is 79.9. The zero-order valence-electron chi connectivity index (χ0n) is 11.3. The molecule has 4 nitrogen and oxygen atoms in total. The third-order valence-corrected chi connectivity index (χ3v) is 6.22. The number of halogens is 3. The van der Waals surface area contributed by atoms with Gasteiger partial charge in [-0.25, -0.2) is 8.42 Å². The van der Waals surface area contributed by atoms with E-state index in [0.717, 1.165) is 19.3 Å². The Morgan fingerprint density at radius 2 is 2.14 bits per heavy atom. The van der Waals surface area contributed by atoms with Crippen molar-refractivity contribution in [3.8, 4) is 0 Å². The number of hydrogen-bond acceptors (Lipinski definition) is 3. The van der Waals surface area contributed by atoms with Crippen LogP contribution in [0, 0.1) is 0 Å². The van der Waals surface area contributed by atoms with Gasteiger partial charge in [0.2, 0.25) is 0 Å². The molecular formula is C13H14BrCl2NO3S. The first-order chi connectivity index (χ1) is 9.75. The van der Waals surface area contributed by atoms with Crippen molar-refractivity contribution in [2.75, 3.05) is 6.54 Å². The monoisotopic (exact) mass is 413 g/mol. The Labute approximate surface area is 142 Å². The molecule has 0 saturated carbocycles. The van der Waals surface area contributed by atoms with Gasteiger partial charge >= 0.3 is 0 Å². The zero-order chi connectivity index (χ0) is 15.8. The topological polar surface area (TPSA) is 54.5 Å². The highest BCUT2D eigenvalue weighted by molar-refractivity contribution is 9.10. The van der Waals surface area contributed by atoms with Crippen molar-refractivity contribution in [2.45, 2.75) is 37.1 Å². The summed E-state index contributed by atoms with van der Waals surface area (Å²) >= 11 is 9.32. The van der Waals surface area contributed by atoms with Crippen molar-refractivity contribution in [2.24, 2.45) is 0 Å². The molecule has 0 aliphatic carbocycles. The van der Waals surface area contributed by atoms with E-state index in [-0.39, 0.29) is 27.4 Å². The highest BCUT2D eigenvalue weighted by Crippen LogP contribution is 2.33. The van der Waals surface area contributed by atoms with Gasteiger partial charge in [0.15, 0.2) is 0 Å². The van der Waals surface area contributed by atoms with E-state index >= 15 is 0 Å². The standard InChI is InChI=1S/C13H14BrCl2NO3S/c1-2-8-4-3-5-17(8)13(18)10-6-9(21(16,19)20)7-11(14)12(10)15/h6-8H,2-5H2,1H3. The summed E-state index contributed by atoms with van der Waals surface area (Å²) in [5.74, 6) is -0.257. The molecule has 1 fully saturated rings. The van der Waals surface area contributed by atoms with Crippen LogP contribution in [0.2, 0.25) is 5.02 Å². The molecule has 0 radical (unpaired) electrons. The molecule has 0 aromatic heterocycles. The molecule has 1 unspecified atom stereocenters. The minimum atomic E-state index is -3.93. The molecule has 1 aliphatic rings. The van der Waals surface area contributed by atoms with Crippen LogP contribution in [0.5, 0.6) is 0 Å². The van der Waals surface area contributed by atoms with E-state index in [1.54, 1.807) is 4.90 Å². The Balaban J connectivity index is 2.48. The second-order valence-corrected chi connectivity index (χ2v) is 8.71. The molecule has 116 valence electrons. The molecule has 1 aliphatic heterocycles. The summed E-state index contributed by atoms with van der Waals surface area (Å²) in [5.41, 5.74) is 0.158. The van der Waals surface area contributed by atoms with Gasteiger partial charge < -0.3 is 4.90 Å². The number of nitrogens with zero attached hydrogens (tertiary/aromatic N) is 1. The van der Waals surface area contributed by atoms with Crippen LogP contribution in [0.25, 0.3) is 0 Å². The quantitative estimate of drug-likeness (QED) is 0.701. The average Bonchev–Trinajstić information content (AvgIpc) is 2.88. The van der Waals surface area contributed by atoms with Crippen molar-refractivity contribution >= 4 is 53.2 Å². The number of hydrogen-bond donors (Lipinski definition) is 0. The summed E-state index contributed by atoms with van der Waals surface area (Å²) in [7, 11) is 1.43. The van der Waals surface area contributed by atoms with Gasteiger partial charge in [0.05, 0.1) is 15.5 Å². The Hall–Kier alpha value is -0.300. The van der Waals surface area contributed by atoms with E-state index in [0.29, 0.717) is 11.0 Å². The summed E-state index contributed by atoms with van der Waals surface area (Å²) in [6.45, 7) is 2.68. The Kier molecular flexibility index (Phi) is 5.23. The van der Waals surface area contributed by atoms with Gasteiger partial charge in [-0.1, -0.05) is 18.5 Å². The molecule has 2 rings (SSSR count). The summed E-state index contributed by atoms with van der Waals surface area (Å²) in [5, 5.41) is 0.200. The number of likely N-dealkylation sites (tertiary alicyclic amines) is 1. The largest absolute Gasteiger partial charge is 0.336 e. The van der Waals surface area contributed by atoms with Gasteiger partial charge in [-0.15, -0.1) is 0 Å². The van der Waals surface area contributed by atoms with Crippen LogP contribution in [0.4, 0.5) is 0 Å². The van der Waals surface area contributed by atoms with Crippen LogP contribution < -0.4 is 0 Å². The summed E-state index contributed by atoms with van der Waals surface area (Å²) in [4.78, 5) is 14.3.